The first-order valence-corrected chi connectivity index (χ1v) is 8.50. The van der Waals surface area contributed by atoms with Crippen molar-refractivity contribution in [2.45, 2.75) is 27.4 Å². The maximum Gasteiger partial charge on any atom is 0.360 e. The number of ether oxygens (including phenoxy) is 2. The van der Waals surface area contributed by atoms with E-state index in [9.17, 15) is 4.79 Å². The molecule has 3 aromatic rings. The van der Waals surface area contributed by atoms with Crippen LogP contribution in [0.1, 0.15) is 34.1 Å². The molecule has 1 aromatic heterocycles. The summed E-state index contributed by atoms with van der Waals surface area (Å²) in [6.07, 6.45) is 0. The SMILES string of the molecule is CCOC(=O)c1cc(-c2c(C)cc(C)cc2OCc2ccccc2)on1. The number of esters is 1. The van der Waals surface area contributed by atoms with Gasteiger partial charge in [-0.1, -0.05) is 41.6 Å². The number of aryl methyl sites for hydroxylation is 2. The first kappa shape index (κ1) is 17.7. The van der Waals surface area contributed by atoms with E-state index in [1.54, 1.807) is 13.0 Å². The molecule has 0 aliphatic rings. The molecule has 0 unspecified atom stereocenters. The number of carbonyl (C=O) groups is 1. The Hall–Kier alpha value is -3.08. The number of rotatable bonds is 6. The van der Waals surface area contributed by atoms with Gasteiger partial charge in [0.05, 0.1) is 12.2 Å². The number of hydrogen-bond donors (Lipinski definition) is 0. The number of hydrogen-bond acceptors (Lipinski definition) is 5. The van der Waals surface area contributed by atoms with Gasteiger partial charge >= 0.3 is 5.97 Å². The van der Waals surface area contributed by atoms with Crippen LogP contribution in [0.3, 0.4) is 0 Å². The predicted molar refractivity (Wildman–Crippen MR) is 98.1 cm³/mol. The minimum Gasteiger partial charge on any atom is -0.488 e. The molecule has 5 heteroatoms. The van der Waals surface area contributed by atoms with Crippen LogP contribution in [0.25, 0.3) is 11.3 Å². The summed E-state index contributed by atoms with van der Waals surface area (Å²) in [5.74, 6) is 0.672. The summed E-state index contributed by atoms with van der Waals surface area (Å²) in [6.45, 7) is 6.46. The molecule has 3 rings (SSSR count). The van der Waals surface area contributed by atoms with Gasteiger partial charge in [-0.25, -0.2) is 4.79 Å². The zero-order valence-corrected chi connectivity index (χ0v) is 15.1. The standard InChI is InChI=1S/C21H21NO4/c1-4-24-21(23)17-12-19(26-22-17)20-15(3)10-14(2)11-18(20)25-13-16-8-6-5-7-9-16/h5-12H,4,13H2,1-3H3. The van der Waals surface area contributed by atoms with Gasteiger partial charge in [-0.3, -0.25) is 0 Å². The summed E-state index contributed by atoms with van der Waals surface area (Å²) in [5, 5.41) is 3.83. The number of nitrogens with zero attached hydrogens (tertiary/aromatic N) is 1. The van der Waals surface area contributed by atoms with Crippen molar-refractivity contribution in [2.24, 2.45) is 0 Å². The van der Waals surface area contributed by atoms with Crippen LogP contribution in [-0.2, 0) is 11.3 Å². The minimum absolute atomic E-state index is 0.149. The van der Waals surface area contributed by atoms with Gasteiger partial charge in [0, 0.05) is 6.07 Å². The third kappa shape index (κ3) is 3.94. The molecule has 26 heavy (non-hydrogen) atoms. The van der Waals surface area contributed by atoms with Crippen molar-refractivity contribution < 1.29 is 18.8 Å². The smallest absolute Gasteiger partial charge is 0.360 e. The largest absolute Gasteiger partial charge is 0.488 e. The molecule has 0 bridgehead atoms. The van der Waals surface area contributed by atoms with E-state index in [2.05, 4.69) is 5.16 Å². The molecule has 0 atom stereocenters. The Morgan fingerprint density at radius 2 is 1.88 bits per heavy atom. The normalized spacial score (nSPS) is 10.6. The lowest BCUT2D eigenvalue weighted by molar-refractivity contribution is 0.0514. The summed E-state index contributed by atoms with van der Waals surface area (Å²) in [6, 6.07) is 15.5. The Kier molecular flexibility index (Phi) is 5.37. The van der Waals surface area contributed by atoms with Crippen LogP contribution in [0.15, 0.2) is 53.1 Å². The molecule has 0 fully saturated rings. The molecule has 0 spiro atoms. The van der Waals surface area contributed by atoms with E-state index < -0.39 is 5.97 Å². The number of benzene rings is 2. The van der Waals surface area contributed by atoms with Gasteiger partial charge in [0.25, 0.3) is 0 Å². The zero-order chi connectivity index (χ0) is 18.5. The second-order valence-electron chi connectivity index (χ2n) is 6.03. The fourth-order valence-corrected chi connectivity index (χ4v) is 2.79. The number of aromatic nitrogens is 1. The monoisotopic (exact) mass is 351 g/mol. The topological polar surface area (TPSA) is 61.6 Å². The van der Waals surface area contributed by atoms with Gasteiger partial charge in [0.2, 0.25) is 0 Å². The maximum atomic E-state index is 11.8. The Bertz CT molecular complexity index is 900. The van der Waals surface area contributed by atoms with E-state index >= 15 is 0 Å². The minimum atomic E-state index is -0.501. The quantitative estimate of drug-likeness (QED) is 0.602. The van der Waals surface area contributed by atoms with Gasteiger partial charge in [-0.2, -0.15) is 0 Å². The first-order chi connectivity index (χ1) is 12.6. The van der Waals surface area contributed by atoms with Crippen LogP contribution in [-0.4, -0.2) is 17.7 Å². The molecular formula is C21H21NO4. The molecule has 0 saturated heterocycles. The second kappa shape index (κ2) is 7.87. The van der Waals surface area contributed by atoms with E-state index in [0.717, 1.165) is 22.3 Å². The average Bonchev–Trinajstić information content (AvgIpc) is 3.10. The summed E-state index contributed by atoms with van der Waals surface area (Å²) in [5.41, 5.74) is 4.08. The molecule has 0 radical (unpaired) electrons. The van der Waals surface area contributed by atoms with Crippen LogP contribution < -0.4 is 4.74 Å². The van der Waals surface area contributed by atoms with Crippen LogP contribution >= 0.6 is 0 Å². The maximum absolute atomic E-state index is 11.8. The Labute approximate surface area is 152 Å². The zero-order valence-electron chi connectivity index (χ0n) is 15.1. The highest BCUT2D eigenvalue weighted by Gasteiger charge is 2.19. The van der Waals surface area contributed by atoms with Crippen LogP contribution in [0, 0.1) is 13.8 Å². The highest BCUT2D eigenvalue weighted by molar-refractivity contribution is 5.88. The van der Waals surface area contributed by atoms with E-state index in [-0.39, 0.29) is 12.3 Å². The predicted octanol–water partition coefficient (Wildman–Crippen LogP) is 4.71. The molecule has 0 amide bonds. The van der Waals surface area contributed by atoms with Crippen molar-refractivity contribution in [3.63, 3.8) is 0 Å². The van der Waals surface area contributed by atoms with E-state index in [1.165, 1.54) is 0 Å². The van der Waals surface area contributed by atoms with Crippen LogP contribution in [0.2, 0.25) is 0 Å². The lowest BCUT2D eigenvalue weighted by Crippen LogP contribution is -2.04. The summed E-state index contributed by atoms with van der Waals surface area (Å²) >= 11 is 0. The lowest BCUT2D eigenvalue weighted by Gasteiger charge is -2.13. The molecule has 0 saturated carbocycles. The van der Waals surface area contributed by atoms with Crippen LogP contribution in [0.5, 0.6) is 5.75 Å². The molecule has 5 nitrogen and oxygen atoms in total. The van der Waals surface area contributed by atoms with Crippen molar-refractivity contribution in [3.05, 3.63) is 70.9 Å². The van der Waals surface area contributed by atoms with Gasteiger partial charge < -0.3 is 14.0 Å². The summed E-state index contributed by atoms with van der Waals surface area (Å²) in [7, 11) is 0. The van der Waals surface area contributed by atoms with Crippen LogP contribution in [0.4, 0.5) is 0 Å². The average molecular weight is 351 g/mol. The Balaban J connectivity index is 1.92. The highest BCUT2D eigenvalue weighted by Crippen LogP contribution is 2.35. The molecule has 134 valence electrons. The third-order valence-corrected chi connectivity index (χ3v) is 3.92. The first-order valence-electron chi connectivity index (χ1n) is 8.50. The second-order valence-corrected chi connectivity index (χ2v) is 6.03. The molecule has 0 N–H and O–H groups in total. The molecule has 2 aromatic carbocycles. The van der Waals surface area contributed by atoms with Gasteiger partial charge in [0.1, 0.15) is 12.4 Å². The summed E-state index contributed by atoms with van der Waals surface area (Å²) in [4.78, 5) is 11.8. The fraction of sp³-hybridized carbons (Fsp3) is 0.238. The lowest BCUT2D eigenvalue weighted by atomic mass is 10.0. The number of carbonyl (C=O) groups excluding carboxylic acids is 1. The third-order valence-electron chi connectivity index (χ3n) is 3.92. The van der Waals surface area contributed by atoms with Gasteiger partial charge in [-0.05, 0) is 43.5 Å². The Morgan fingerprint density at radius 1 is 1.12 bits per heavy atom. The van der Waals surface area contributed by atoms with Crippen molar-refractivity contribution in [3.8, 4) is 17.1 Å². The van der Waals surface area contributed by atoms with E-state index in [4.69, 9.17) is 14.0 Å². The summed E-state index contributed by atoms with van der Waals surface area (Å²) < 4.78 is 16.4. The van der Waals surface area contributed by atoms with Crippen molar-refractivity contribution in [1.82, 2.24) is 5.16 Å². The highest BCUT2D eigenvalue weighted by atomic mass is 16.5. The molecule has 1 heterocycles. The Morgan fingerprint density at radius 3 is 2.62 bits per heavy atom. The van der Waals surface area contributed by atoms with E-state index in [0.29, 0.717) is 18.1 Å². The van der Waals surface area contributed by atoms with Gasteiger partial charge in [-0.15, -0.1) is 0 Å². The van der Waals surface area contributed by atoms with Crippen molar-refractivity contribution >= 4 is 5.97 Å². The molecule has 0 aliphatic heterocycles. The fourth-order valence-electron chi connectivity index (χ4n) is 2.79. The molecule has 0 aliphatic carbocycles. The van der Waals surface area contributed by atoms with Gasteiger partial charge in [0.15, 0.2) is 11.5 Å². The van der Waals surface area contributed by atoms with Crippen molar-refractivity contribution in [2.75, 3.05) is 6.61 Å². The van der Waals surface area contributed by atoms with E-state index in [1.807, 2.05) is 56.3 Å². The molecular weight excluding hydrogens is 330 g/mol. The van der Waals surface area contributed by atoms with Crippen molar-refractivity contribution in [1.29, 1.82) is 0 Å².